The monoisotopic (exact) mass is 780 g/mol. The summed E-state index contributed by atoms with van der Waals surface area (Å²) in [5, 5.41) is 1.22. The molecule has 0 unspecified atom stereocenters. The van der Waals surface area contributed by atoms with Crippen molar-refractivity contribution in [2.45, 2.75) is 12.4 Å². The molecule has 0 saturated carbocycles. The van der Waals surface area contributed by atoms with E-state index >= 15 is 0 Å². The van der Waals surface area contributed by atoms with Crippen LogP contribution < -0.4 is 0 Å². The molecule has 0 aliphatic heterocycles. The van der Waals surface area contributed by atoms with Gasteiger partial charge in [-0.2, -0.15) is 26.3 Å². The van der Waals surface area contributed by atoms with Gasteiger partial charge < -0.3 is 4.57 Å². The van der Waals surface area contributed by atoms with E-state index in [0.29, 0.717) is 67.7 Å². The number of nitrogens with zero attached hydrogens (tertiary/aromatic N) is 4. The second kappa shape index (κ2) is 14.1. The topological polar surface area (TPSA) is 43.6 Å². The van der Waals surface area contributed by atoms with Gasteiger partial charge in [0, 0.05) is 33.0 Å². The number of aromatic nitrogens is 4. The Hall–Kier alpha value is -7.14. The molecule has 9 aromatic rings. The molecule has 0 radical (unpaired) electrons. The summed E-state index contributed by atoms with van der Waals surface area (Å²) in [4.78, 5) is 14.6. The van der Waals surface area contributed by atoms with Gasteiger partial charge in [0.05, 0.1) is 27.8 Å². The van der Waals surface area contributed by atoms with E-state index in [1.807, 2.05) is 102 Å². The summed E-state index contributed by atoms with van der Waals surface area (Å²) < 4.78 is 100. The standard InChI is InChI=1S/C47H27F7N4/c48-34-15-9-14-30(24-34)36-21-18-32(45-56-43(28-10-3-1-4-11-28)55-44(57-45)29-12-5-2-6-13-29)26-42(36)58-40-17-8-7-16-37(40)38-25-31(19-23-41(38)58)35-22-20-33(46(49,50)51)27-39(35)47(52,53)54/h1-27H. The van der Waals surface area contributed by atoms with Gasteiger partial charge in [0.15, 0.2) is 17.5 Å². The lowest BCUT2D eigenvalue weighted by molar-refractivity contribution is -0.142. The number of benzene rings is 7. The van der Waals surface area contributed by atoms with Gasteiger partial charge in [0.1, 0.15) is 5.82 Å². The van der Waals surface area contributed by atoms with E-state index in [9.17, 15) is 30.7 Å². The normalized spacial score (nSPS) is 12.1. The van der Waals surface area contributed by atoms with E-state index in [1.165, 1.54) is 18.2 Å². The summed E-state index contributed by atoms with van der Waals surface area (Å²) in [6.45, 7) is 0. The number of rotatable bonds is 6. The molecule has 284 valence electrons. The van der Waals surface area contributed by atoms with Crippen LogP contribution in [0, 0.1) is 5.82 Å². The highest BCUT2D eigenvalue weighted by Crippen LogP contribution is 2.44. The Morgan fingerprint density at radius 2 is 0.948 bits per heavy atom. The highest BCUT2D eigenvalue weighted by molar-refractivity contribution is 6.11. The molecule has 0 bridgehead atoms. The van der Waals surface area contributed by atoms with Crippen LogP contribution in [0.1, 0.15) is 11.1 Å². The molecule has 0 spiro atoms. The fourth-order valence-corrected chi connectivity index (χ4v) is 7.30. The van der Waals surface area contributed by atoms with Gasteiger partial charge in [-0.05, 0) is 65.2 Å². The fraction of sp³-hybridized carbons (Fsp3) is 0.0426. The maximum absolute atomic E-state index is 14.8. The summed E-state index contributed by atoms with van der Waals surface area (Å²) in [7, 11) is 0. The molecule has 0 aliphatic rings. The van der Waals surface area contributed by atoms with Gasteiger partial charge in [0.2, 0.25) is 0 Å². The van der Waals surface area contributed by atoms with Gasteiger partial charge in [-0.3, -0.25) is 0 Å². The first kappa shape index (κ1) is 36.5. The van der Waals surface area contributed by atoms with Crippen molar-refractivity contribution in [3.63, 3.8) is 0 Å². The third kappa shape index (κ3) is 6.74. The molecule has 7 aromatic carbocycles. The molecule has 0 amide bonds. The second-order valence-electron chi connectivity index (χ2n) is 13.6. The summed E-state index contributed by atoms with van der Waals surface area (Å²) in [6.07, 6.45) is -10.0. The van der Waals surface area contributed by atoms with E-state index in [-0.39, 0.29) is 17.2 Å². The molecule has 4 nitrogen and oxygen atoms in total. The molecular formula is C47H27F7N4. The summed E-state index contributed by atoms with van der Waals surface area (Å²) in [5.74, 6) is 0.816. The van der Waals surface area contributed by atoms with Crippen LogP contribution in [-0.2, 0) is 12.4 Å². The van der Waals surface area contributed by atoms with E-state index in [0.717, 1.165) is 17.2 Å². The molecule has 0 atom stereocenters. The van der Waals surface area contributed by atoms with Crippen LogP contribution in [-0.4, -0.2) is 19.5 Å². The van der Waals surface area contributed by atoms with Gasteiger partial charge in [0.25, 0.3) is 0 Å². The van der Waals surface area contributed by atoms with Crippen molar-refractivity contribution in [1.29, 1.82) is 0 Å². The largest absolute Gasteiger partial charge is 0.417 e. The van der Waals surface area contributed by atoms with E-state index < -0.39 is 29.3 Å². The molecule has 0 saturated heterocycles. The fourth-order valence-electron chi connectivity index (χ4n) is 7.30. The molecule has 9 rings (SSSR count). The van der Waals surface area contributed by atoms with Crippen molar-refractivity contribution in [1.82, 2.24) is 19.5 Å². The Morgan fingerprint density at radius 1 is 0.397 bits per heavy atom. The predicted molar refractivity (Wildman–Crippen MR) is 211 cm³/mol. The van der Waals surface area contributed by atoms with Crippen LogP contribution in [0.5, 0.6) is 0 Å². The van der Waals surface area contributed by atoms with Crippen molar-refractivity contribution in [2.24, 2.45) is 0 Å². The number of para-hydroxylation sites is 1. The molecule has 0 fully saturated rings. The molecule has 0 aliphatic carbocycles. The Balaban J connectivity index is 1.29. The first-order chi connectivity index (χ1) is 27.9. The first-order valence-electron chi connectivity index (χ1n) is 18.0. The van der Waals surface area contributed by atoms with Gasteiger partial charge >= 0.3 is 12.4 Å². The minimum Gasteiger partial charge on any atom is -0.309 e. The molecule has 58 heavy (non-hydrogen) atoms. The number of hydrogen-bond acceptors (Lipinski definition) is 3. The highest BCUT2D eigenvalue weighted by Gasteiger charge is 2.38. The number of alkyl halides is 6. The average molecular weight is 781 g/mol. The molecule has 0 N–H and O–H groups in total. The van der Waals surface area contributed by atoms with Crippen molar-refractivity contribution >= 4 is 21.8 Å². The summed E-state index contributed by atoms with van der Waals surface area (Å²) in [5.41, 5.74) is 2.13. The quantitative estimate of drug-likeness (QED) is 0.158. The third-order valence-electron chi connectivity index (χ3n) is 9.97. The third-order valence-corrected chi connectivity index (χ3v) is 9.97. The van der Waals surface area contributed by atoms with Crippen LogP contribution in [0.3, 0.4) is 0 Å². The lowest BCUT2D eigenvalue weighted by Gasteiger charge is -2.17. The highest BCUT2D eigenvalue weighted by atomic mass is 19.4. The number of hydrogen-bond donors (Lipinski definition) is 0. The zero-order valence-electron chi connectivity index (χ0n) is 30.0. The van der Waals surface area contributed by atoms with Gasteiger partial charge in [-0.25, -0.2) is 19.3 Å². The lowest BCUT2D eigenvalue weighted by atomic mass is 9.95. The predicted octanol–water partition coefficient (Wildman–Crippen LogP) is 13.5. The van der Waals surface area contributed by atoms with Gasteiger partial charge in [-0.1, -0.05) is 115 Å². The maximum atomic E-state index is 14.8. The van der Waals surface area contributed by atoms with Crippen LogP contribution in [0.15, 0.2) is 164 Å². The average Bonchev–Trinajstić information content (AvgIpc) is 3.56. The van der Waals surface area contributed by atoms with E-state index in [1.54, 1.807) is 30.3 Å². The van der Waals surface area contributed by atoms with Gasteiger partial charge in [-0.15, -0.1) is 0 Å². The SMILES string of the molecule is Fc1cccc(-c2ccc(-c3nc(-c4ccccc4)nc(-c4ccccc4)n3)cc2-n2c3ccccc3c3cc(-c4ccc(C(F)(F)F)cc4C(F)(F)F)ccc32)c1. The zero-order valence-corrected chi connectivity index (χ0v) is 30.0. The van der Waals surface area contributed by atoms with Crippen molar-refractivity contribution in [3.8, 4) is 62.1 Å². The summed E-state index contributed by atoms with van der Waals surface area (Å²) >= 11 is 0. The van der Waals surface area contributed by atoms with E-state index in [4.69, 9.17) is 15.0 Å². The van der Waals surface area contributed by atoms with Crippen LogP contribution >= 0.6 is 0 Å². The molecule has 11 heteroatoms. The molecular weight excluding hydrogens is 754 g/mol. The minimum absolute atomic E-state index is 0.0858. The maximum Gasteiger partial charge on any atom is 0.417 e. The smallest absolute Gasteiger partial charge is 0.309 e. The first-order valence-corrected chi connectivity index (χ1v) is 18.0. The Morgan fingerprint density at radius 3 is 1.59 bits per heavy atom. The molecule has 2 aromatic heterocycles. The Labute approximate surface area is 326 Å². The second-order valence-corrected chi connectivity index (χ2v) is 13.6. The van der Waals surface area contributed by atoms with Crippen molar-refractivity contribution in [2.75, 3.05) is 0 Å². The Bertz CT molecular complexity index is 2930. The zero-order chi connectivity index (χ0) is 40.2. The van der Waals surface area contributed by atoms with Crippen LogP contribution in [0.25, 0.3) is 83.9 Å². The van der Waals surface area contributed by atoms with E-state index in [2.05, 4.69) is 0 Å². The molecule has 2 heterocycles. The minimum atomic E-state index is -5.06. The van der Waals surface area contributed by atoms with Crippen LogP contribution in [0.4, 0.5) is 30.7 Å². The number of halogens is 7. The number of fused-ring (bicyclic) bond motifs is 3. The van der Waals surface area contributed by atoms with Crippen molar-refractivity contribution in [3.05, 3.63) is 181 Å². The van der Waals surface area contributed by atoms with Crippen molar-refractivity contribution < 1.29 is 30.7 Å². The lowest BCUT2D eigenvalue weighted by Crippen LogP contribution is -2.12. The Kier molecular flexibility index (Phi) is 8.88. The summed E-state index contributed by atoms with van der Waals surface area (Å²) in [6, 6.07) is 44.3. The van der Waals surface area contributed by atoms with Crippen LogP contribution in [0.2, 0.25) is 0 Å².